The molecule has 2 atom stereocenters. The normalized spacial score (nSPS) is 22.3. The van der Waals surface area contributed by atoms with Crippen LogP contribution in [0.1, 0.15) is 55.0 Å². The second-order valence-corrected chi connectivity index (χ2v) is 10.7. The minimum absolute atomic E-state index is 0.00169. The lowest BCUT2D eigenvalue weighted by molar-refractivity contribution is -0.146. The summed E-state index contributed by atoms with van der Waals surface area (Å²) in [5.74, 6) is -0.239. The van der Waals surface area contributed by atoms with Crippen molar-refractivity contribution in [2.75, 3.05) is 32.8 Å². The molecule has 1 saturated heterocycles. The van der Waals surface area contributed by atoms with E-state index in [4.69, 9.17) is 9.47 Å². The Balaban J connectivity index is 1.32. The Morgan fingerprint density at radius 1 is 1.14 bits per heavy atom. The number of hydrogen-bond donors (Lipinski definition) is 0. The van der Waals surface area contributed by atoms with Gasteiger partial charge in [0.15, 0.2) is 11.6 Å². The van der Waals surface area contributed by atoms with E-state index in [9.17, 15) is 14.0 Å². The monoisotopic (exact) mass is 500 g/mol. The number of carbonyl (C=O) groups excluding carboxylic acids is 2. The lowest BCUT2D eigenvalue weighted by Crippen LogP contribution is -2.50. The molecule has 0 unspecified atom stereocenters. The predicted molar refractivity (Wildman–Crippen MR) is 132 cm³/mol. The zero-order valence-corrected chi connectivity index (χ0v) is 20.8. The third-order valence-corrected chi connectivity index (χ3v) is 8.44. The van der Waals surface area contributed by atoms with Gasteiger partial charge in [0.25, 0.3) is 0 Å². The van der Waals surface area contributed by atoms with E-state index in [0.717, 1.165) is 50.5 Å². The van der Waals surface area contributed by atoms with Crippen molar-refractivity contribution in [3.05, 3.63) is 52.0 Å². The first kappa shape index (κ1) is 24.3. The van der Waals surface area contributed by atoms with Crippen LogP contribution in [0, 0.1) is 11.7 Å². The Morgan fingerprint density at radius 2 is 1.97 bits per heavy atom. The van der Waals surface area contributed by atoms with Gasteiger partial charge in [-0.1, -0.05) is 25.0 Å². The smallest absolute Gasteiger partial charge is 0.242 e. The van der Waals surface area contributed by atoms with Crippen molar-refractivity contribution >= 4 is 23.2 Å². The third-order valence-electron chi connectivity index (χ3n) is 7.44. The van der Waals surface area contributed by atoms with Gasteiger partial charge in [-0.15, -0.1) is 11.3 Å². The summed E-state index contributed by atoms with van der Waals surface area (Å²) in [6.07, 6.45) is 6.62. The number of fused-ring (bicyclic) bond motifs is 1. The maximum Gasteiger partial charge on any atom is 0.242 e. The summed E-state index contributed by atoms with van der Waals surface area (Å²) >= 11 is 1.68. The van der Waals surface area contributed by atoms with Gasteiger partial charge >= 0.3 is 0 Å². The van der Waals surface area contributed by atoms with Crippen LogP contribution < -0.4 is 4.74 Å². The Kier molecular flexibility index (Phi) is 7.68. The highest BCUT2D eigenvalue weighted by atomic mass is 32.1. The number of thiophene rings is 1. The molecule has 35 heavy (non-hydrogen) atoms. The van der Waals surface area contributed by atoms with E-state index in [1.807, 2.05) is 16.3 Å². The molecule has 2 fully saturated rings. The van der Waals surface area contributed by atoms with E-state index >= 15 is 0 Å². The summed E-state index contributed by atoms with van der Waals surface area (Å²) < 4.78 is 25.8. The minimum atomic E-state index is -0.420. The van der Waals surface area contributed by atoms with Gasteiger partial charge in [0.1, 0.15) is 6.61 Å². The van der Waals surface area contributed by atoms with Crippen LogP contribution in [0.15, 0.2) is 35.7 Å². The molecule has 1 aliphatic carbocycles. The first-order valence-corrected chi connectivity index (χ1v) is 13.6. The molecular formula is C27H33FN2O4S. The minimum Gasteiger partial charge on any atom is -0.488 e. The molecule has 3 aliphatic rings. The van der Waals surface area contributed by atoms with Crippen molar-refractivity contribution < 1.29 is 23.5 Å². The summed E-state index contributed by atoms with van der Waals surface area (Å²) in [5.41, 5.74) is 1.05. The van der Waals surface area contributed by atoms with Gasteiger partial charge in [-0.3, -0.25) is 9.59 Å². The average Bonchev–Trinajstić information content (AvgIpc) is 3.65. The summed E-state index contributed by atoms with van der Waals surface area (Å²) in [5, 5.41) is 2.03. The number of amides is 2. The molecule has 2 amide bonds. The van der Waals surface area contributed by atoms with E-state index in [2.05, 4.69) is 0 Å². The largest absolute Gasteiger partial charge is 0.488 e. The van der Waals surface area contributed by atoms with Crippen molar-refractivity contribution in [2.45, 2.75) is 57.1 Å². The molecule has 0 spiro atoms. The molecule has 0 bridgehead atoms. The van der Waals surface area contributed by atoms with Crippen LogP contribution in [0.25, 0.3) is 0 Å². The molecule has 2 aliphatic heterocycles. The van der Waals surface area contributed by atoms with Crippen LogP contribution in [0.3, 0.4) is 0 Å². The Hall–Kier alpha value is -2.45. The molecule has 0 radical (unpaired) electrons. The van der Waals surface area contributed by atoms with Crippen molar-refractivity contribution in [3.8, 4) is 5.75 Å². The summed E-state index contributed by atoms with van der Waals surface area (Å²) in [7, 11) is 0. The van der Waals surface area contributed by atoms with Crippen molar-refractivity contribution in [1.29, 1.82) is 0 Å². The molecule has 2 aromatic rings. The molecule has 0 N–H and O–H groups in total. The fourth-order valence-corrected chi connectivity index (χ4v) is 6.48. The maximum absolute atomic E-state index is 14.2. The van der Waals surface area contributed by atoms with E-state index in [0.29, 0.717) is 19.7 Å². The lowest BCUT2D eigenvalue weighted by atomic mass is 10.00. The van der Waals surface area contributed by atoms with Gasteiger partial charge in [-0.25, -0.2) is 4.39 Å². The molecule has 188 valence electrons. The number of nitrogens with zero attached hydrogens (tertiary/aromatic N) is 2. The number of halogens is 1. The summed E-state index contributed by atoms with van der Waals surface area (Å²) in [4.78, 5) is 31.9. The Morgan fingerprint density at radius 3 is 2.74 bits per heavy atom. The van der Waals surface area contributed by atoms with Crippen LogP contribution in [0.5, 0.6) is 5.75 Å². The third kappa shape index (κ3) is 5.54. The van der Waals surface area contributed by atoms with Gasteiger partial charge in [0.2, 0.25) is 11.8 Å². The van der Waals surface area contributed by atoms with E-state index in [1.165, 1.54) is 10.9 Å². The number of para-hydroxylation sites is 1. The lowest BCUT2D eigenvalue weighted by Gasteiger charge is -2.37. The van der Waals surface area contributed by atoms with Gasteiger partial charge in [0, 0.05) is 30.5 Å². The van der Waals surface area contributed by atoms with Crippen LogP contribution in [0.2, 0.25) is 0 Å². The fraction of sp³-hybridized carbons (Fsp3) is 0.556. The molecule has 1 saturated carbocycles. The average molecular weight is 501 g/mol. The highest BCUT2D eigenvalue weighted by Crippen LogP contribution is 2.35. The molecule has 8 heteroatoms. The number of carbonyl (C=O) groups is 2. The molecule has 5 rings (SSSR count). The highest BCUT2D eigenvalue weighted by Gasteiger charge is 2.36. The van der Waals surface area contributed by atoms with Gasteiger partial charge in [0.05, 0.1) is 18.7 Å². The van der Waals surface area contributed by atoms with Crippen LogP contribution in [0.4, 0.5) is 4.39 Å². The molecule has 3 heterocycles. The Labute approximate surface area is 210 Å². The SMILES string of the molecule is O=C(C1CCCC1)N(CC(=O)N1CCc2sccc2[C@@H]1COc1ccccc1F)C[C@@H]1CCCO1. The van der Waals surface area contributed by atoms with Gasteiger partial charge in [-0.05, 0) is 61.2 Å². The second-order valence-electron chi connectivity index (χ2n) is 9.73. The predicted octanol–water partition coefficient (Wildman–Crippen LogP) is 4.59. The van der Waals surface area contributed by atoms with Crippen molar-refractivity contribution in [2.24, 2.45) is 5.92 Å². The van der Waals surface area contributed by atoms with E-state index in [1.54, 1.807) is 34.4 Å². The van der Waals surface area contributed by atoms with Crippen molar-refractivity contribution in [3.63, 3.8) is 0 Å². The molecule has 1 aromatic heterocycles. The summed E-state index contributed by atoms with van der Waals surface area (Å²) in [6.45, 7) is 1.95. The first-order chi connectivity index (χ1) is 17.1. The van der Waals surface area contributed by atoms with E-state index < -0.39 is 5.82 Å². The first-order valence-electron chi connectivity index (χ1n) is 12.7. The maximum atomic E-state index is 14.2. The van der Waals surface area contributed by atoms with Crippen molar-refractivity contribution in [1.82, 2.24) is 9.80 Å². The van der Waals surface area contributed by atoms with Crippen LogP contribution in [-0.2, 0) is 20.7 Å². The zero-order valence-electron chi connectivity index (χ0n) is 20.0. The zero-order chi connectivity index (χ0) is 24.2. The Bertz CT molecular complexity index is 1030. The van der Waals surface area contributed by atoms with Gasteiger partial charge < -0.3 is 19.3 Å². The summed E-state index contributed by atoms with van der Waals surface area (Å²) in [6, 6.07) is 8.04. The number of benzene rings is 1. The van der Waals surface area contributed by atoms with Crippen LogP contribution in [-0.4, -0.2) is 60.6 Å². The molecular weight excluding hydrogens is 467 g/mol. The molecule has 6 nitrogen and oxygen atoms in total. The standard InChI is InChI=1S/C27H33FN2O4S/c28-22-9-3-4-10-24(22)34-18-23-21-12-15-35-25(21)11-13-30(23)26(31)17-29(16-20-8-5-14-33-20)27(32)19-6-1-2-7-19/h3-4,9-10,12,15,19-20,23H,1-2,5-8,11,13-14,16-18H2/t20-,23-/m0/s1. The quantitative estimate of drug-likeness (QED) is 0.532. The topological polar surface area (TPSA) is 59.1 Å². The second kappa shape index (κ2) is 11.1. The molecule has 1 aromatic carbocycles. The van der Waals surface area contributed by atoms with Gasteiger partial charge in [-0.2, -0.15) is 0 Å². The number of ether oxygens (including phenoxy) is 2. The number of hydrogen-bond acceptors (Lipinski definition) is 5. The number of rotatable bonds is 8. The van der Waals surface area contributed by atoms with Crippen LogP contribution >= 0.6 is 11.3 Å². The highest BCUT2D eigenvalue weighted by molar-refractivity contribution is 7.10. The fourth-order valence-electron chi connectivity index (χ4n) is 5.56. The van der Waals surface area contributed by atoms with E-state index in [-0.39, 0.29) is 48.8 Å².